The molecule has 0 unspecified atom stereocenters. The quantitative estimate of drug-likeness (QED) is 0.795. The van der Waals surface area contributed by atoms with Crippen molar-refractivity contribution in [3.05, 3.63) is 18.3 Å². The summed E-state index contributed by atoms with van der Waals surface area (Å²) in [4.78, 5) is 9.11. The number of nitrogen functional groups attached to an aromatic ring is 1. The van der Waals surface area contributed by atoms with Gasteiger partial charge in [-0.25, -0.2) is 0 Å². The van der Waals surface area contributed by atoms with Gasteiger partial charge in [0.05, 0.1) is 24.7 Å². The van der Waals surface area contributed by atoms with Gasteiger partial charge in [-0.3, -0.25) is 4.90 Å². The summed E-state index contributed by atoms with van der Waals surface area (Å²) in [6.45, 7) is 6.76. The first-order valence-electron chi connectivity index (χ1n) is 10.1. The number of aromatic nitrogens is 3. The first-order valence-corrected chi connectivity index (χ1v) is 10.1. The van der Waals surface area contributed by atoms with Gasteiger partial charge in [-0.2, -0.15) is 15.0 Å². The number of anilines is 2. The fraction of sp³-hybridized carbons (Fsp3) is 0.600. The Labute approximate surface area is 166 Å². The van der Waals surface area contributed by atoms with Gasteiger partial charge in [0.2, 0.25) is 0 Å². The molecule has 8 heteroatoms. The highest BCUT2D eigenvalue weighted by molar-refractivity contribution is 5.82. The lowest BCUT2D eigenvalue weighted by Crippen LogP contribution is -2.52. The Bertz CT molecular complexity index is 805. The molecule has 4 rings (SSSR count). The van der Waals surface area contributed by atoms with Crippen molar-refractivity contribution in [2.45, 2.75) is 18.9 Å². The van der Waals surface area contributed by atoms with E-state index in [1.54, 1.807) is 18.1 Å². The molecule has 0 radical (unpaired) electrons. The molecule has 0 aliphatic carbocycles. The van der Waals surface area contributed by atoms with E-state index in [2.05, 4.69) is 38.0 Å². The van der Waals surface area contributed by atoms with E-state index in [0.717, 1.165) is 30.0 Å². The van der Waals surface area contributed by atoms with Crippen molar-refractivity contribution in [3.8, 4) is 17.0 Å². The summed E-state index contributed by atoms with van der Waals surface area (Å²) in [5.41, 5.74) is 9.81. The molecule has 1 aromatic carbocycles. The molecule has 0 amide bonds. The van der Waals surface area contributed by atoms with Gasteiger partial charge in [-0.15, -0.1) is 0 Å². The first-order chi connectivity index (χ1) is 13.5. The van der Waals surface area contributed by atoms with E-state index in [0.29, 0.717) is 17.5 Å². The molecule has 2 N–H and O–H groups in total. The second-order valence-electron chi connectivity index (χ2n) is 7.89. The second-order valence-corrected chi connectivity index (χ2v) is 7.89. The maximum Gasteiger partial charge on any atom is 0.143 e. The minimum atomic E-state index is 0.624. The zero-order chi connectivity index (χ0) is 19.7. The first kappa shape index (κ1) is 19.0. The monoisotopic (exact) mass is 385 g/mol. The molecule has 2 fully saturated rings. The third kappa shape index (κ3) is 3.79. The van der Waals surface area contributed by atoms with Crippen molar-refractivity contribution in [1.82, 2.24) is 24.8 Å². The van der Waals surface area contributed by atoms with Crippen molar-refractivity contribution < 1.29 is 4.74 Å². The molecule has 3 heterocycles. The largest absolute Gasteiger partial charge is 0.495 e. The minimum Gasteiger partial charge on any atom is -0.495 e. The highest BCUT2D eigenvalue weighted by Gasteiger charge is 2.28. The number of aryl methyl sites for hydroxylation is 1. The van der Waals surface area contributed by atoms with Crippen molar-refractivity contribution in [2.24, 2.45) is 7.05 Å². The predicted octanol–water partition coefficient (Wildman–Crippen LogP) is 1.29. The lowest BCUT2D eigenvalue weighted by Gasteiger charge is -2.43. The molecule has 2 saturated heterocycles. The van der Waals surface area contributed by atoms with Crippen molar-refractivity contribution in [1.29, 1.82) is 0 Å². The molecule has 2 aliphatic rings. The summed E-state index contributed by atoms with van der Waals surface area (Å²) in [7, 11) is 5.71. The Hall–Kier alpha value is -2.32. The lowest BCUT2D eigenvalue weighted by atomic mass is 9.99. The number of nitrogens with zero attached hydrogens (tertiary/aromatic N) is 6. The Morgan fingerprint density at radius 3 is 2.36 bits per heavy atom. The van der Waals surface area contributed by atoms with Crippen LogP contribution in [0.4, 0.5) is 11.4 Å². The van der Waals surface area contributed by atoms with Gasteiger partial charge in [-0.1, -0.05) is 0 Å². The van der Waals surface area contributed by atoms with E-state index in [-0.39, 0.29) is 0 Å². The van der Waals surface area contributed by atoms with E-state index in [1.807, 2.05) is 13.1 Å². The molecule has 0 spiro atoms. The standard InChI is InChI=1S/C20H31N7O/c1-24-8-10-26(11-9-24)15-4-6-27(7-5-15)19-13-20(28-3)17(21)12-16(19)18-14-22-25(2)23-18/h12-15H,4-11,21H2,1-3H3. The van der Waals surface area contributed by atoms with Crippen LogP contribution < -0.4 is 15.4 Å². The predicted molar refractivity (Wildman–Crippen MR) is 112 cm³/mol. The molecule has 0 saturated carbocycles. The van der Waals surface area contributed by atoms with E-state index >= 15 is 0 Å². The maximum absolute atomic E-state index is 6.20. The molecule has 1 aromatic heterocycles. The van der Waals surface area contributed by atoms with E-state index in [4.69, 9.17) is 10.5 Å². The van der Waals surface area contributed by atoms with Crippen molar-refractivity contribution in [3.63, 3.8) is 0 Å². The minimum absolute atomic E-state index is 0.624. The number of hydrogen-bond acceptors (Lipinski definition) is 7. The van der Waals surface area contributed by atoms with Crippen LogP contribution in [0.3, 0.4) is 0 Å². The van der Waals surface area contributed by atoms with Gasteiger partial charge >= 0.3 is 0 Å². The van der Waals surface area contributed by atoms with Crippen LogP contribution in [0.15, 0.2) is 18.3 Å². The Morgan fingerprint density at radius 1 is 1.04 bits per heavy atom. The third-order valence-corrected chi connectivity index (χ3v) is 6.08. The molecule has 0 bridgehead atoms. The summed E-state index contributed by atoms with van der Waals surface area (Å²) in [5.74, 6) is 0.712. The van der Waals surface area contributed by atoms with Crippen LogP contribution in [0.25, 0.3) is 11.3 Å². The van der Waals surface area contributed by atoms with Crippen LogP contribution in [0.1, 0.15) is 12.8 Å². The molecular formula is C20H31N7O. The van der Waals surface area contributed by atoms with Crippen LogP contribution in [0.5, 0.6) is 5.75 Å². The number of benzene rings is 1. The normalized spacial score (nSPS) is 19.9. The van der Waals surface area contributed by atoms with E-state index in [9.17, 15) is 0 Å². The van der Waals surface area contributed by atoms with Crippen LogP contribution in [-0.4, -0.2) is 84.3 Å². The highest BCUT2D eigenvalue weighted by atomic mass is 16.5. The summed E-state index contributed by atoms with van der Waals surface area (Å²) in [5, 5.41) is 8.73. The van der Waals surface area contributed by atoms with Gasteiger partial charge < -0.3 is 20.3 Å². The van der Waals surface area contributed by atoms with E-state index < -0.39 is 0 Å². The Morgan fingerprint density at radius 2 is 1.75 bits per heavy atom. The van der Waals surface area contributed by atoms with Gasteiger partial charge in [0.1, 0.15) is 11.4 Å². The Kier molecular flexibility index (Phi) is 5.41. The number of ether oxygens (including phenoxy) is 1. The van der Waals surface area contributed by atoms with Gasteiger partial charge in [-0.05, 0) is 26.0 Å². The van der Waals surface area contributed by atoms with Crippen LogP contribution >= 0.6 is 0 Å². The van der Waals surface area contributed by atoms with Crippen LogP contribution in [-0.2, 0) is 7.05 Å². The molecule has 2 aliphatic heterocycles. The fourth-order valence-corrected chi connectivity index (χ4v) is 4.36. The SMILES string of the molecule is COc1cc(N2CCC(N3CCN(C)CC3)CC2)c(-c2cnn(C)n2)cc1N. The zero-order valence-corrected chi connectivity index (χ0v) is 17.1. The number of piperazine rings is 1. The lowest BCUT2D eigenvalue weighted by molar-refractivity contribution is 0.0982. The number of hydrogen-bond donors (Lipinski definition) is 1. The number of rotatable bonds is 4. The number of piperidine rings is 1. The summed E-state index contributed by atoms with van der Waals surface area (Å²) in [6.07, 6.45) is 4.15. The topological polar surface area (TPSA) is 75.7 Å². The van der Waals surface area contributed by atoms with Gasteiger partial charge in [0, 0.05) is 64.0 Å². The fourth-order valence-electron chi connectivity index (χ4n) is 4.36. The Balaban J connectivity index is 1.54. The second kappa shape index (κ2) is 7.97. The highest BCUT2D eigenvalue weighted by Crippen LogP contribution is 2.38. The number of likely N-dealkylation sites (N-methyl/N-ethyl adjacent to an activating group) is 1. The van der Waals surface area contributed by atoms with E-state index in [1.165, 1.54) is 39.0 Å². The number of methoxy groups -OCH3 is 1. The van der Waals surface area contributed by atoms with Gasteiger partial charge in [0.15, 0.2) is 0 Å². The average molecular weight is 386 g/mol. The maximum atomic E-state index is 6.20. The molecule has 28 heavy (non-hydrogen) atoms. The third-order valence-electron chi connectivity index (χ3n) is 6.08. The molecule has 2 aromatic rings. The number of nitrogens with two attached hydrogens (primary N) is 1. The summed E-state index contributed by atoms with van der Waals surface area (Å²) in [6, 6.07) is 4.70. The molecule has 152 valence electrons. The van der Waals surface area contributed by atoms with Crippen LogP contribution in [0, 0.1) is 0 Å². The zero-order valence-electron chi connectivity index (χ0n) is 17.1. The van der Waals surface area contributed by atoms with Crippen LogP contribution in [0.2, 0.25) is 0 Å². The van der Waals surface area contributed by atoms with Crippen molar-refractivity contribution >= 4 is 11.4 Å². The molecule has 0 atom stereocenters. The molecule has 8 nitrogen and oxygen atoms in total. The van der Waals surface area contributed by atoms with Crippen molar-refractivity contribution in [2.75, 3.05) is 64.1 Å². The summed E-state index contributed by atoms with van der Waals surface area (Å²) < 4.78 is 5.49. The molecular weight excluding hydrogens is 354 g/mol. The smallest absolute Gasteiger partial charge is 0.143 e. The average Bonchev–Trinajstić information content (AvgIpc) is 3.15. The van der Waals surface area contributed by atoms with Gasteiger partial charge in [0.25, 0.3) is 0 Å². The summed E-state index contributed by atoms with van der Waals surface area (Å²) >= 11 is 0.